The van der Waals surface area contributed by atoms with E-state index < -0.39 is 12.1 Å². The summed E-state index contributed by atoms with van der Waals surface area (Å²) in [7, 11) is 0. The van der Waals surface area contributed by atoms with Crippen LogP contribution >= 0.6 is 22.9 Å². The lowest BCUT2D eigenvalue weighted by molar-refractivity contribution is 0.221. The van der Waals surface area contributed by atoms with Crippen molar-refractivity contribution in [1.29, 1.82) is 0 Å². The van der Waals surface area contributed by atoms with E-state index in [1.54, 1.807) is 42.7 Å². The second-order valence-electron chi connectivity index (χ2n) is 5.65. The predicted molar refractivity (Wildman–Crippen MR) is 101 cm³/mol. The summed E-state index contributed by atoms with van der Waals surface area (Å²) in [6, 6.07) is 12.0. The molecule has 130 valence electrons. The summed E-state index contributed by atoms with van der Waals surface area (Å²) >= 11 is 7.37. The van der Waals surface area contributed by atoms with E-state index in [9.17, 15) is 9.50 Å². The number of aromatic nitrogens is 3. The molecule has 0 saturated heterocycles. The zero-order valence-corrected chi connectivity index (χ0v) is 14.9. The molecule has 3 heterocycles. The molecule has 0 bridgehead atoms. The van der Waals surface area contributed by atoms with E-state index in [-0.39, 0.29) is 0 Å². The highest BCUT2D eigenvalue weighted by atomic mass is 35.5. The number of rotatable bonds is 4. The number of nitrogens with one attached hydrogen (secondary N) is 1. The van der Waals surface area contributed by atoms with Crippen molar-refractivity contribution in [2.45, 2.75) is 6.10 Å². The van der Waals surface area contributed by atoms with Crippen molar-refractivity contribution in [2.75, 3.05) is 0 Å². The number of benzene rings is 1. The van der Waals surface area contributed by atoms with Gasteiger partial charge in [0, 0.05) is 40.1 Å². The molecule has 26 heavy (non-hydrogen) atoms. The SMILES string of the molecule is OC(c1ccc(Cl)cc1)c1cc(-c2ccnc(F)c2)sc1-c1ncc[nH]1. The standard InChI is InChI=1S/C19H13ClFN3OS/c20-13-3-1-11(2-4-13)17(25)14-10-15(12-5-6-22-16(21)9-12)26-18(14)19-23-7-8-24-19/h1-10,17,25H,(H,23,24). The fourth-order valence-electron chi connectivity index (χ4n) is 2.71. The Labute approximate surface area is 158 Å². The number of halogens is 2. The van der Waals surface area contributed by atoms with Gasteiger partial charge >= 0.3 is 0 Å². The maximum absolute atomic E-state index is 13.5. The molecule has 0 amide bonds. The van der Waals surface area contributed by atoms with E-state index in [0.29, 0.717) is 27.5 Å². The molecule has 1 atom stereocenters. The second kappa shape index (κ2) is 6.99. The zero-order valence-electron chi connectivity index (χ0n) is 13.4. The first-order chi connectivity index (χ1) is 12.6. The topological polar surface area (TPSA) is 61.8 Å². The van der Waals surface area contributed by atoms with Crippen LogP contribution in [0.1, 0.15) is 17.2 Å². The number of aliphatic hydroxyl groups is 1. The number of H-pyrrole nitrogens is 1. The van der Waals surface area contributed by atoms with Gasteiger partial charge in [-0.1, -0.05) is 23.7 Å². The molecule has 0 aliphatic carbocycles. The van der Waals surface area contributed by atoms with Crippen molar-refractivity contribution >= 4 is 22.9 Å². The number of aliphatic hydroxyl groups excluding tert-OH is 1. The monoisotopic (exact) mass is 385 g/mol. The quantitative estimate of drug-likeness (QED) is 0.482. The number of aromatic amines is 1. The lowest BCUT2D eigenvalue weighted by atomic mass is 10.0. The van der Waals surface area contributed by atoms with Gasteiger partial charge in [-0.25, -0.2) is 9.97 Å². The van der Waals surface area contributed by atoms with Crippen LogP contribution in [0.15, 0.2) is 61.1 Å². The zero-order chi connectivity index (χ0) is 18.1. The number of thiophene rings is 1. The van der Waals surface area contributed by atoms with Crippen LogP contribution in [0.25, 0.3) is 21.1 Å². The first kappa shape index (κ1) is 16.9. The minimum absolute atomic E-state index is 0.546. The van der Waals surface area contributed by atoms with Crippen molar-refractivity contribution in [2.24, 2.45) is 0 Å². The summed E-state index contributed by atoms with van der Waals surface area (Å²) in [5.41, 5.74) is 2.11. The summed E-state index contributed by atoms with van der Waals surface area (Å²) < 4.78 is 13.5. The Morgan fingerprint density at radius 2 is 1.88 bits per heavy atom. The summed E-state index contributed by atoms with van der Waals surface area (Å²) in [5, 5.41) is 11.5. The normalized spacial score (nSPS) is 12.3. The molecule has 4 aromatic rings. The minimum Gasteiger partial charge on any atom is -0.384 e. The maximum atomic E-state index is 13.5. The first-order valence-corrected chi connectivity index (χ1v) is 9.00. The Bertz CT molecular complexity index is 1030. The van der Waals surface area contributed by atoms with Gasteiger partial charge in [-0.15, -0.1) is 11.3 Å². The highest BCUT2D eigenvalue weighted by Gasteiger charge is 2.21. The Morgan fingerprint density at radius 3 is 2.58 bits per heavy atom. The molecule has 2 N–H and O–H groups in total. The van der Waals surface area contributed by atoms with Gasteiger partial charge in [0.25, 0.3) is 0 Å². The third-order valence-electron chi connectivity index (χ3n) is 3.97. The molecule has 0 radical (unpaired) electrons. The van der Waals surface area contributed by atoms with Gasteiger partial charge in [0.05, 0.1) is 4.88 Å². The molecule has 1 unspecified atom stereocenters. The Hall–Kier alpha value is -2.54. The lowest BCUT2D eigenvalue weighted by Gasteiger charge is -2.11. The van der Waals surface area contributed by atoms with Crippen LogP contribution in [0.5, 0.6) is 0 Å². The van der Waals surface area contributed by atoms with Gasteiger partial charge in [0.1, 0.15) is 11.9 Å². The van der Waals surface area contributed by atoms with Crippen LogP contribution < -0.4 is 0 Å². The van der Waals surface area contributed by atoms with Crippen LogP contribution in [0.3, 0.4) is 0 Å². The minimum atomic E-state index is -0.857. The van der Waals surface area contributed by atoms with Gasteiger partial charge in [0.15, 0.2) is 0 Å². The molecule has 0 saturated carbocycles. The van der Waals surface area contributed by atoms with E-state index in [4.69, 9.17) is 11.6 Å². The van der Waals surface area contributed by atoms with Gasteiger partial charge in [-0.05, 0) is 35.4 Å². The number of pyridine rings is 1. The van der Waals surface area contributed by atoms with Gasteiger partial charge < -0.3 is 10.1 Å². The van der Waals surface area contributed by atoms with Crippen LogP contribution in [0.4, 0.5) is 4.39 Å². The second-order valence-corrected chi connectivity index (χ2v) is 7.14. The molecule has 0 fully saturated rings. The third-order valence-corrected chi connectivity index (χ3v) is 5.42. The van der Waals surface area contributed by atoms with E-state index in [1.165, 1.54) is 23.6 Å². The van der Waals surface area contributed by atoms with Crippen LogP contribution in [0, 0.1) is 5.95 Å². The van der Waals surface area contributed by atoms with Gasteiger partial charge in [0.2, 0.25) is 5.95 Å². The van der Waals surface area contributed by atoms with E-state index >= 15 is 0 Å². The Kier molecular flexibility index (Phi) is 4.55. The van der Waals surface area contributed by atoms with Crippen LogP contribution in [-0.2, 0) is 0 Å². The van der Waals surface area contributed by atoms with Crippen LogP contribution in [0.2, 0.25) is 5.02 Å². The number of hydrogen-bond acceptors (Lipinski definition) is 4. The summed E-state index contributed by atoms with van der Waals surface area (Å²) in [6.45, 7) is 0. The van der Waals surface area contributed by atoms with Crippen molar-refractivity contribution < 1.29 is 9.50 Å². The van der Waals surface area contributed by atoms with E-state index in [0.717, 1.165) is 9.75 Å². The summed E-state index contributed by atoms with van der Waals surface area (Å²) in [4.78, 5) is 12.6. The third kappa shape index (κ3) is 3.26. The van der Waals surface area contributed by atoms with Gasteiger partial charge in [-0.2, -0.15) is 4.39 Å². The van der Waals surface area contributed by atoms with Crippen molar-refractivity contribution in [1.82, 2.24) is 15.0 Å². The average Bonchev–Trinajstić information content (AvgIpc) is 3.31. The van der Waals surface area contributed by atoms with E-state index in [1.807, 2.05) is 6.07 Å². The van der Waals surface area contributed by atoms with Crippen molar-refractivity contribution in [3.8, 4) is 21.1 Å². The molecule has 0 aliphatic heterocycles. The Balaban J connectivity index is 1.83. The molecule has 3 aromatic heterocycles. The molecular weight excluding hydrogens is 373 g/mol. The molecule has 0 aliphatic rings. The molecular formula is C19H13ClFN3OS. The molecule has 1 aromatic carbocycles. The maximum Gasteiger partial charge on any atom is 0.213 e. The number of imidazole rings is 1. The number of hydrogen-bond donors (Lipinski definition) is 2. The van der Waals surface area contributed by atoms with E-state index in [2.05, 4.69) is 15.0 Å². The van der Waals surface area contributed by atoms with Crippen molar-refractivity contribution in [3.63, 3.8) is 0 Å². The fourth-order valence-corrected chi connectivity index (χ4v) is 3.98. The predicted octanol–water partition coefficient (Wildman–Crippen LogP) is 5.07. The average molecular weight is 386 g/mol. The first-order valence-electron chi connectivity index (χ1n) is 7.81. The summed E-state index contributed by atoms with van der Waals surface area (Å²) in [5.74, 6) is 0.106. The Morgan fingerprint density at radius 1 is 1.08 bits per heavy atom. The number of nitrogens with zero attached hydrogens (tertiary/aromatic N) is 2. The lowest BCUT2D eigenvalue weighted by Crippen LogP contribution is -1.99. The highest BCUT2D eigenvalue weighted by molar-refractivity contribution is 7.19. The van der Waals surface area contributed by atoms with Crippen LogP contribution in [-0.4, -0.2) is 20.1 Å². The van der Waals surface area contributed by atoms with Crippen molar-refractivity contribution in [3.05, 3.63) is 83.2 Å². The summed E-state index contributed by atoms with van der Waals surface area (Å²) in [6.07, 6.45) is 3.94. The highest BCUT2D eigenvalue weighted by Crippen LogP contribution is 2.41. The molecule has 7 heteroatoms. The largest absolute Gasteiger partial charge is 0.384 e. The fraction of sp³-hybridized carbons (Fsp3) is 0.0526. The molecule has 4 rings (SSSR count). The molecule has 0 spiro atoms. The van der Waals surface area contributed by atoms with Gasteiger partial charge in [-0.3, -0.25) is 0 Å². The molecule has 4 nitrogen and oxygen atoms in total. The smallest absolute Gasteiger partial charge is 0.213 e.